The van der Waals surface area contributed by atoms with Crippen LogP contribution in [0.4, 0.5) is 11.4 Å². The zero-order valence-corrected chi connectivity index (χ0v) is 13.5. The van der Waals surface area contributed by atoms with Crippen molar-refractivity contribution in [3.8, 4) is 5.75 Å². The van der Waals surface area contributed by atoms with Crippen molar-refractivity contribution in [2.24, 2.45) is 0 Å². The Morgan fingerprint density at radius 3 is 2.41 bits per heavy atom. The summed E-state index contributed by atoms with van der Waals surface area (Å²) in [5, 5.41) is 0. The van der Waals surface area contributed by atoms with E-state index in [9.17, 15) is 0 Å². The third-order valence-electron chi connectivity index (χ3n) is 4.36. The van der Waals surface area contributed by atoms with Crippen LogP contribution < -0.4 is 9.64 Å². The number of para-hydroxylation sites is 3. The molecule has 3 heteroatoms. The molecule has 3 rings (SSSR count). The molecule has 3 nitrogen and oxygen atoms in total. The Bertz CT molecular complexity index is 575. The van der Waals surface area contributed by atoms with Gasteiger partial charge in [-0.15, -0.1) is 0 Å². The van der Waals surface area contributed by atoms with Gasteiger partial charge < -0.3 is 14.5 Å². The van der Waals surface area contributed by atoms with Gasteiger partial charge in [0, 0.05) is 24.3 Å². The van der Waals surface area contributed by atoms with Gasteiger partial charge in [-0.05, 0) is 31.3 Å². The fourth-order valence-corrected chi connectivity index (χ4v) is 3.01. The van der Waals surface area contributed by atoms with Crippen LogP contribution in [0.2, 0.25) is 0 Å². The van der Waals surface area contributed by atoms with E-state index in [-0.39, 0.29) is 0 Å². The summed E-state index contributed by atoms with van der Waals surface area (Å²) in [5.41, 5.74) is 3.68. The molecule has 2 aromatic carbocycles. The maximum atomic E-state index is 6.01. The molecule has 0 aliphatic carbocycles. The van der Waals surface area contributed by atoms with Gasteiger partial charge in [-0.2, -0.15) is 0 Å². The van der Waals surface area contributed by atoms with E-state index in [0.717, 1.165) is 31.9 Å². The molecule has 0 radical (unpaired) electrons. The van der Waals surface area contributed by atoms with E-state index >= 15 is 0 Å². The minimum atomic E-state index is 0.634. The Labute approximate surface area is 133 Å². The first-order valence-electron chi connectivity index (χ1n) is 8.13. The number of likely N-dealkylation sites (N-methyl/N-ethyl adjacent to an activating group) is 1. The van der Waals surface area contributed by atoms with Crippen LogP contribution in [-0.2, 0) is 6.61 Å². The van der Waals surface area contributed by atoms with Crippen LogP contribution in [0.5, 0.6) is 5.75 Å². The number of nitrogens with zero attached hydrogens (tertiary/aromatic N) is 2. The van der Waals surface area contributed by atoms with Gasteiger partial charge in [0.2, 0.25) is 0 Å². The van der Waals surface area contributed by atoms with Gasteiger partial charge in [-0.25, -0.2) is 0 Å². The number of hydrogen-bond acceptors (Lipinski definition) is 3. The fraction of sp³-hybridized carbons (Fsp3) is 0.368. The molecule has 0 amide bonds. The standard InChI is InChI=1S/C19H24N2O/c1-3-20(4-2)13-14-21-17-10-6-5-9-16(17)15-22-19-12-8-7-11-18(19)21/h5-12H,3-4,13-15H2,1-2H3. The predicted octanol–water partition coefficient (Wildman–Crippen LogP) is 4.06. The Morgan fingerprint density at radius 2 is 1.64 bits per heavy atom. The second kappa shape index (κ2) is 6.84. The van der Waals surface area contributed by atoms with Crippen LogP contribution >= 0.6 is 0 Å². The maximum absolute atomic E-state index is 6.01. The molecule has 116 valence electrons. The summed E-state index contributed by atoms with van der Waals surface area (Å²) < 4.78 is 6.01. The maximum Gasteiger partial charge on any atom is 0.143 e. The largest absolute Gasteiger partial charge is 0.487 e. The van der Waals surface area contributed by atoms with E-state index in [1.165, 1.54) is 16.9 Å². The molecule has 0 saturated carbocycles. The Kier molecular flexibility index (Phi) is 4.64. The van der Waals surface area contributed by atoms with Crippen molar-refractivity contribution < 1.29 is 4.74 Å². The van der Waals surface area contributed by atoms with Gasteiger partial charge in [0.15, 0.2) is 0 Å². The van der Waals surface area contributed by atoms with Crippen molar-refractivity contribution in [3.63, 3.8) is 0 Å². The molecule has 0 atom stereocenters. The van der Waals surface area contributed by atoms with E-state index in [0.29, 0.717) is 6.61 Å². The lowest BCUT2D eigenvalue weighted by Crippen LogP contribution is -2.33. The van der Waals surface area contributed by atoms with Crippen LogP contribution in [0.15, 0.2) is 48.5 Å². The summed E-state index contributed by atoms with van der Waals surface area (Å²) >= 11 is 0. The van der Waals surface area contributed by atoms with Crippen molar-refractivity contribution in [1.29, 1.82) is 0 Å². The number of rotatable bonds is 5. The smallest absolute Gasteiger partial charge is 0.143 e. The van der Waals surface area contributed by atoms with Crippen LogP contribution in [0, 0.1) is 0 Å². The van der Waals surface area contributed by atoms with Crippen molar-refractivity contribution in [1.82, 2.24) is 4.90 Å². The summed E-state index contributed by atoms with van der Waals surface area (Å²) in [7, 11) is 0. The summed E-state index contributed by atoms with van der Waals surface area (Å²) in [6, 6.07) is 16.9. The molecule has 1 aliphatic heterocycles. The first-order chi connectivity index (χ1) is 10.8. The number of anilines is 2. The molecular weight excluding hydrogens is 272 g/mol. The molecule has 0 saturated heterocycles. The van der Waals surface area contributed by atoms with Crippen LogP contribution in [0.3, 0.4) is 0 Å². The zero-order chi connectivity index (χ0) is 15.4. The highest BCUT2D eigenvalue weighted by atomic mass is 16.5. The number of ether oxygens (including phenoxy) is 1. The van der Waals surface area contributed by atoms with Gasteiger partial charge in [0.1, 0.15) is 12.4 Å². The summed E-state index contributed by atoms with van der Waals surface area (Å²) in [6.07, 6.45) is 0. The van der Waals surface area contributed by atoms with Crippen molar-refractivity contribution in [2.45, 2.75) is 20.5 Å². The molecule has 0 N–H and O–H groups in total. The first-order valence-corrected chi connectivity index (χ1v) is 8.13. The van der Waals surface area contributed by atoms with E-state index in [2.05, 4.69) is 66.1 Å². The third-order valence-corrected chi connectivity index (χ3v) is 4.36. The highest BCUT2D eigenvalue weighted by Gasteiger charge is 2.21. The molecule has 0 aromatic heterocycles. The van der Waals surface area contributed by atoms with E-state index in [1.807, 2.05) is 6.07 Å². The second-order valence-electron chi connectivity index (χ2n) is 5.56. The normalized spacial score (nSPS) is 13.3. The Morgan fingerprint density at radius 1 is 0.955 bits per heavy atom. The molecule has 22 heavy (non-hydrogen) atoms. The van der Waals surface area contributed by atoms with Crippen molar-refractivity contribution >= 4 is 11.4 Å². The lowest BCUT2D eigenvalue weighted by Gasteiger charge is -2.28. The van der Waals surface area contributed by atoms with Crippen molar-refractivity contribution in [2.75, 3.05) is 31.1 Å². The van der Waals surface area contributed by atoms with E-state index < -0.39 is 0 Å². The summed E-state index contributed by atoms with van der Waals surface area (Å²) in [5.74, 6) is 0.971. The van der Waals surface area contributed by atoms with E-state index in [1.54, 1.807) is 0 Å². The quantitative estimate of drug-likeness (QED) is 0.827. The van der Waals surface area contributed by atoms with Gasteiger partial charge in [0.05, 0.1) is 5.69 Å². The minimum absolute atomic E-state index is 0.634. The van der Waals surface area contributed by atoms with Crippen LogP contribution in [-0.4, -0.2) is 31.1 Å². The third kappa shape index (κ3) is 2.95. The highest BCUT2D eigenvalue weighted by molar-refractivity contribution is 5.72. The highest BCUT2D eigenvalue weighted by Crippen LogP contribution is 2.38. The predicted molar refractivity (Wildman–Crippen MR) is 92.0 cm³/mol. The summed E-state index contributed by atoms with van der Waals surface area (Å²) in [6.45, 7) is 9.27. The number of benzene rings is 2. The van der Waals surface area contributed by atoms with Gasteiger partial charge in [0.25, 0.3) is 0 Å². The molecule has 1 aliphatic rings. The van der Waals surface area contributed by atoms with Gasteiger partial charge in [-0.3, -0.25) is 0 Å². The average Bonchev–Trinajstić information content (AvgIpc) is 2.73. The average molecular weight is 296 g/mol. The molecule has 2 aromatic rings. The topological polar surface area (TPSA) is 15.7 Å². The molecule has 0 fully saturated rings. The lowest BCUT2D eigenvalue weighted by molar-refractivity contribution is 0.309. The number of hydrogen-bond donors (Lipinski definition) is 0. The van der Waals surface area contributed by atoms with Gasteiger partial charge >= 0.3 is 0 Å². The summed E-state index contributed by atoms with van der Waals surface area (Å²) in [4.78, 5) is 4.85. The Hall–Kier alpha value is -2.00. The molecule has 0 spiro atoms. The monoisotopic (exact) mass is 296 g/mol. The minimum Gasteiger partial charge on any atom is -0.487 e. The van der Waals surface area contributed by atoms with Crippen LogP contribution in [0.25, 0.3) is 0 Å². The van der Waals surface area contributed by atoms with E-state index in [4.69, 9.17) is 4.74 Å². The molecule has 1 heterocycles. The fourth-order valence-electron chi connectivity index (χ4n) is 3.01. The Balaban J connectivity index is 1.95. The SMILES string of the molecule is CCN(CC)CCN1c2ccccc2COc2ccccc21. The lowest BCUT2D eigenvalue weighted by atomic mass is 10.1. The van der Waals surface area contributed by atoms with Gasteiger partial charge in [-0.1, -0.05) is 44.2 Å². The molecular formula is C19H24N2O. The number of fused-ring (bicyclic) bond motifs is 2. The first kappa shape index (κ1) is 14.9. The zero-order valence-electron chi connectivity index (χ0n) is 13.5. The van der Waals surface area contributed by atoms with Crippen LogP contribution in [0.1, 0.15) is 19.4 Å². The second-order valence-corrected chi connectivity index (χ2v) is 5.56. The molecule has 0 unspecified atom stereocenters. The molecule has 0 bridgehead atoms. The van der Waals surface area contributed by atoms with Crippen molar-refractivity contribution in [3.05, 3.63) is 54.1 Å².